The van der Waals surface area contributed by atoms with Crippen molar-refractivity contribution < 1.29 is 53.7 Å². The highest BCUT2D eigenvalue weighted by molar-refractivity contribution is 5.94. The van der Waals surface area contributed by atoms with Crippen LogP contribution in [0.4, 0.5) is 8.78 Å². The van der Waals surface area contributed by atoms with Crippen LogP contribution in [0.25, 0.3) is 0 Å². The number of carbonyl (C=O) groups is 1. The van der Waals surface area contributed by atoms with Gasteiger partial charge in [-0.15, -0.1) is 0 Å². The standard InChI is InChI=1S/C31H51F2NO9/c1-2-3-4-5-6-7-8-9-10-11-12-13-14-24(36)26(37)23(34-30(41)20-15-16-21(32)22(33)17-20)19-42-31-29(40)28(39)27(38)25(18-35)43-31/h15-17,23-29,31,35-40H,2-14,18-19H2,1H3,(H,34,41)/t23?,24?,25-,26?,27+,28+,29-,31+/m1/s1. The third-order valence-corrected chi connectivity index (χ3v) is 7.95. The van der Waals surface area contributed by atoms with E-state index in [1.165, 1.54) is 44.9 Å². The van der Waals surface area contributed by atoms with Gasteiger partial charge < -0.3 is 45.4 Å². The first-order chi connectivity index (χ1) is 20.6. The molecule has 0 aromatic heterocycles. The number of unbranched alkanes of at least 4 members (excludes halogenated alkanes) is 11. The topological polar surface area (TPSA) is 169 Å². The van der Waals surface area contributed by atoms with Gasteiger partial charge >= 0.3 is 0 Å². The minimum atomic E-state index is -1.72. The van der Waals surface area contributed by atoms with Crippen molar-refractivity contribution in [2.75, 3.05) is 13.2 Å². The summed E-state index contributed by atoms with van der Waals surface area (Å²) in [5.41, 5.74) is -0.237. The molecule has 1 aliphatic rings. The van der Waals surface area contributed by atoms with Crippen LogP contribution >= 0.6 is 0 Å². The molecule has 1 saturated heterocycles. The Morgan fingerprint density at radius 1 is 0.884 bits per heavy atom. The number of ether oxygens (including phenoxy) is 2. The molecule has 1 aromatic carbocycles. The van der Waals surface area contributed by atoms with Crippen LogP contribution in [-0.2, 0) is 9.47 Å². The van der Waals surface area contributed by atoms with Crippen LogP contribution in [0.5, 0.6) is 0 Å². The maximum atomic E-state index is 13.7. The average molecular weight is 620 g/mol. The minimum Gasteiger partial charge on any atom is -0.394 e. The predicted octanol–water partition coefficient (Wildman–Crippen LogP) is 2.69. The zero-order valence-electron chi connectivity index (χ0n) is 25.1. The van der Waals surface area contributed by atoms with Gasteiger partial charge in [-0.05, 0) is 24.6 Å². The van der Waals surface area contributed by atoms with Gasteiger partial charge in [0.2, 0.25) is 0 Å². The number of amides is 1. The molecular weight excluding hydrogens is 568 g/mol. The molecule has 1 amide bonds. The van der Waals surface area contributed by atoms with E-state index in [1.807, 2.05) is 0 Å². The Labute approximate surface area is 253 Å². The lowest BCUT2D eigenvalue weighted by Crippen LogP contribution is -2.60. The SMILES string of the molecule is CCCCCCCCCCCCCCC(O)C(O)C(CO[C@H]1O[C@H](CO)[C@H](O)[C@H](O)[C@H]1O)NC(=O)c1ccc(F)c(F)c1. The molecule has 7 N–H and O–H groups in total. The summed E-state index contributed by atoms with van der Waals surface area (Å²) in [6.07, 6.45) is 3.22. The van der Waals surface area contributed by atoms with E-state index >= 15 is 0 Å². The second-order valence-corrected chi connectivity index (χ2v) is 11.5. The number of hydrogen-bond donors (Lipinski definition) is 7. The van der Waals surface area contributed by atoms with Gasteiger partial charge in [-0.2, -0.15) is 0 Å². The Kier molecular flexibility index (Phi) is 17.7. The molecule has 0 radical (unpaired) electrons. The molecule has 43 heavy (non-hydrogen) atoms. The number of carbonyl (C=O) groups excluding carboxylic acids is 1. The van der Waals surface area contributed by atoms with Gasteiger partial charge in [0.25, 0.3) is 5.91 Å². The molecule has 3 unspecified atom stereocenters. The van der Waals surface area contributed by atoms with E-state index in [0.717, 1.165) is 37.8 Å². The Morgan fingerprint density at radius 2 is 1.47 bits per heavy atom. The van der Waals surface area contributed by atoms with Crippen LogP contribution in [0.2, 0.25) is 0 Å². The predicted molar refractivity (Wildman–Crippen MR) is 155 cm³/mol. The van der Waals surface area contributed by atoms with Crippen molar-refractivity contribution >= 4 is 5.91 Å². The van der Waals surface area contributed by atoms with Crippen molar-refractivity contribution in [1.29, 1.82) is 0 Å². The van der Waals surface area contributed by atoms with Gasteiger partial charge in [0, 0.05) is 5.56 Å². The Morgan fingerprint density at radius 3 is 2.02 bits per heavy atom. The first-order valence-corrected chi connectivity index (χ1v) is 15.6. The second kappa shape index (κ2) is 20.3. The van der Waals surface area contributed by atoms with Crippen molar-refractivity contribution in [3.8, 4) is 0 Å². The fraction of sp³-hybridized carbons (Fsp3) is 0.774. The quantitative estimate of drug-likeness (QED) is 0.102. The molecule has 1 aliphatic heterocycles. The molecule has 1 heterocycles. The zero-order chi connectivity index (χ0) is 31.8. The highest BCUT2D eigenvalue weighted by Crippen LogP contribution is 2.23. The van der Waals surface area contributed by atoms with Gasteiger partial charge in [-0.3, -0.25) is 4.79 Å². The molecule has 0 spiro atoms. The molecule has 8 atom stereocenters. The first kappa shape index (κ1) is 37.4. The van der Waals surface area contributed by atoms with Gasteiger partial charge in [0.15, 0.2) is 17.9 Å². The lowest BCUT2D eigenvalue weighted by Gasteiger charge is -2.40. The van der Waals surface area contributed by atoms with Crippen molar-refractivity contribution in [3.63, 3.8) is 0 Å². The van der Waals surface area contributed by atoms with E-state index in [4.69, 9.17) is 9.47 Å². The van der Waals surface area contributed by atoms with E-state index in [9.17, 15) is 44.2 Å². The van der Waals surface area contributed by atoms with E-state index in [2.05, 4.69) is 12.2 Å². The van der Waals surface area contributed by atoms with Crippen LogP contribution in [0.1, 0.15) is 101 Å². The summed E-state index contributed by atoms with van der Waals surface area (Å²) in [7, 11) is 0. The van der Waals surface area contributed by atoms with Crippen molar-refractivity contribution in [2.24, 2.45) is 0 Å². The maximum Gasteiger partial charge on any atom is 0.251 e. The van der Waals surface area contributed by atoms with Crippen LogP contribution in [-0.4, -0.2) is 98.7 Å². The molecule has 10 nitrogen and oxygen atoms in total. The monoisotopic (exact) mass is 619 g/mol. The number of halogens is 2. The number of aliphatic hydroxyl groups excluding tert-OH is 6. The van der Waals surface area contributed by atoms with Crippen LogP contribution in [0, 0.1) is 11.6 Å². The van der Waals surface area contributed by atoms with Crippen molar-refractivity contribution in [3.05, 3.63) is 35.4 Å². The molecule has 2 rings (SSSR count). The van der Waals surface area contributed by atoms with E-state index < -0.39 is 79.7 Å². The fourth-order valence-corrected chi connectivity index (χ4v) is 5.15. The average Bonchev–Trinajstić information content (AvgIpc) is 3.00. The highest BCUT2D eigenvalue weighted by Gasteiger charge is 2.44. The van der Waals surface area contributed by atoms with E-state index in [-0.39, 0.29) is 12.0 Å². The fourth-order valence-electron chi connectivity index (χ4n) is 5.15. The molecule has 0 saturated carbocycles. The zero-order valence-corrected chi connectivity index (χ0v) is 25.1. The third-order valence-electron chi connectivity index (χ3n) is 7.95. The molecule has 1 aromatic rings. The summed E-state index contributed by atoms with van der Waals surface area (Å²) >= 11 is 0. The molecule has 12 heteroatoms. The number of hydrogen-bond acceptors (Lipinski definition) is 9. The van der Waals surface area contributed by atoms with Gasteiger partial charge in [0.1, 0.15) is 30.5 Å². The van der Waals surface area contributed by atoms with Crippen LogP contribution in [0.15, 0.2) is 18.2 Å². The summed E-state index contributed by atoms with van der Waals surface area (Å²) < 4.78 is 37.9. The van der Waals surface area contributed by atoms with Gasteiger partial charge in [-0.1, -0.05) is 84.0 Å². The summed E-state index contributed by atoms with van der Waals surface area (Å²) in [6, 6.07) is 1.23. The maximum absolute atomic E-state index is 13.7. The Bertz CT molecular complexity index is 925. The van der Waals surface area contributed by atoms with E-state index in [1.54, 1.807) is 0 Å². The number of rotatable bonds is 21. The third kappa shape index (κ3) is 12.6. The van der Waals surface area contributed by atoms with Crippen LogP contribution < -0.4 is 5.32 Å². The lowest BCUT2D eigenvalue weighted by molar-refractivity contribution is -0.303. The lowest BCUT2D eigenvalue weighted by atomic mass is 9.98. The second-order valence-electron chi connectivity index (χ2n) is 11.5. The van der Waals surface area contributed by atoms with Gasteiger partial charge in [0.05, 0.1) is 25.4 Å². The van der Waals surface area contributed by atoms with Crippen molar-refractivity contribution in [1.82, 2.24) is 5.32 Å². The normalized spacial score (nSPS) is 24.4. The Balaban J connectivity index is 1.89. The van der Waals surface area contributed by atoms with Crippen LogP contribution in [0.3, 0.4) is 0 Å². The summed E-state index contributed by atoms with van der Waals surface area (Å²) in [4.78, 5) is 12.8. The first-order valence-electron chi connectivity index (χ1n) is 15.6. The molecule has 0 bridgehead atoms. The highest BCUT2D eigenvalue weighted by atomic mass is 19.2. The van der Waals surface area contributed by atoms with Crippen molar-refractivity contribution in [2.45, 2.75) is 139 Å². The summed E-state index contributed by atoms with van der Waals surface area (Å²) in [5, 5.41) is 63.7. The molecule has 1 fully saturated rings. The molecule has 248 valence electrons. The minimum absolute atomic E-state index is 0.232. The van der Waals surface area contributed by atoms with E-state index in [0.29, 0.717) is 12.5 Å². The number of benzene rings is 1. The molecular formula is C31H51F2NO9. The largest absolute Gasteiger partial charge is 0.394 e. The molecule has 0 aliphatic carbocycles. The smallest absolute Gasteiger partial charge is 0.251 e. The Hall–Kier alpha value is -1.77. The van der Waals surface area contributed by atoms with Gasteiger partial charge in [-0.25, -0.2) is 8.78 Å². The number of aliphatic hydroxyl groups is 6. The summed E-state index contributed by atoms with van der Waals surface area (Å²) in [5.74, 6) is -3.26. The number of nitrogens with one attached hydrogen (secondary N) is 1. The summed E-state index contributed by atoms with van der Waals surface area (Å²) in [6.45, 7) is 0.994.